The van der Waals surface area contributed by atoms with Crippen molar-refractivity contribution in [3.05, 3.63) is 30.6 Å². The van der Waals surface area contributed by atoms with Gasteiger partial charge in [0.25, 0.3) is 0 Å². The molecule has 1 atom stereocenters. The molecule has 0 aliphatic heterocycles. The third-order valence-electron chi connectivity index (χ3n) is 3.92. The first kappa shape index (κ1) is 17.0. The molecule has 7 nitrogen and oxygen atoms in total. The Kier molecular flexibility index (Phi) is 5.33. The van der Waals surface area contributed by atoms with E-state index in [1.165, 1.54) is 0 Å². The number of para-hydroxylation sites is 1. The summed E-state index contributed by atoms with van der Waals surface area (Å²) >= 11 is 0. The summed E-state index contributed by atoms with van der Waals surface area (Å²) in [6, 6.07) is 7.06. The number of carbonyl (C=O) groups excluding carboxylic acids is 1. The summed E-state index contributed by atoms with van der Waals surface area (Å²) in [6.07, 6.45) is 2.29. The number of urea groups is 1. The van der Waals surface area contributed by atoms with Crippen LogP contribution in [0.3, 0.4) is 0 Å². The minimum Gasteiger partial charge on any atom is -0.394 e. The summed E-state index contributed by atoms with van der Waals surface area (Å²) < 4.78 is 1.91. The fourth-order valence-electron chi connectivity index (χ4n) is 2.15. The molecule has 0 bridgehead atoms. The Balaban J connectivity index is 2.23. The fraction of sp³-hybridized carbons (Fsp3) is 0.438. The van der Waals surface area contributed by atoms with Crippen LogP contribution in [-0.4, -0.2) is 38.0 Å². The summed E-state index contributed by atoms with van der Waals surface area (Å²) in [6.45, 7) is 6.33. The number of rotatable bonds is 6. The van der Waals surface area contributed by atoms with E-state index in [1.807, 2.05) is 42.7 Å². The topological polar surface area (TPSA) is 92.1 Å². The first-order valence-corrected chi connectivity index (χ1v) is 7.70. The number of hydrogen-bond donors (Lipinski definition) is 3. The molecule has 0 aliphatic rings. The van der Waals surface area contributed by atoms with E-state index in [2.05, 4.69) is 20.8 Å². The largest absolute Gasteiger partial charge is 0.394 e. The van der Waals surface area contributed by atoms with E-state index in [-0.39, 0.29) is 12.6 Å². The molecule has 2 amide bonds. The van der Waals surface area contributed by atoms with Crippen LogP contribution in [0.15, 0.2) is 30.6 Å². The summed E-state index contributed by atoms with van der Waals surface area (Å²) in [5.74, 6) is 0.698. The van der Waals surface area contributed by atoms with Gasteiger partial charge in [0, 0.05) is 12.1 Å². The lowest BCUT2D eigenvalue weighted by Crippen LogP contribution is -2.50. The molecule has 0 fully saturated rings. The van der Waals surface area contributed by atoms with E-state index in [0.29, 0.717) is 17.9 Å². The number of amides is 2. The van der Waals surface area contributed by atoms with Gasteiger partial charge < -0.3 is 20.3 Å². The number of nitrogens with one attached hydrogen (secondary N) is 2. The second-order valence-corrected chi connectivity index (χ2v) is 5.64. The van der Waals surface area contributed by atoms with Crippen LogP contribution >= 0.6 is 0 Å². The second-order valence-electron chi connectivity index (χ2n) is 5.64. The summed E-state index contributed by atoms with van der Waals surface area (Å²) in [4.78, 5) is 12.2. The molecule has 0 radical (unpaired) electrons. The van der Waals surface area contributed by atoms with Gasteiger partial charge in [-0.15, -0.1) is 10.2 Å². The van der Waals surface area contributed by atoms with Crippen LogP contribution in [-0.2, 0) is 6.54 Å². The average Bonchev–Trinajstić information content (AvgIpc) is 3.03. The van der Waals surface area contributed by atoms with Gasteiger partial charge in [0.15, 0.2) is 5.82 Å². The summed E-state index contributed by atoms with van der Waals surface area (Å²) in [5.41, 5.74) is 0.788. The highest BCUT2D eigenvalue weighted by atomic mass is 16.3. The number of aryl methyl sites for hydroxylation is 1. The van der Waals surface area contributed by atoms with E-state index < -0.39 is 5.54 Å². The van der Waals surface area contributed by atoms with E-state index in [0.717, 1.165) is 12.1 Å². The predicted molar refractivity (Wildman–Crippen MR) is 89.1 cm³/mol. The molecule has 3 N–H and O–H groups in total. The minimum atomic E-state index is -0.650. The van der Waals surface area contributed by atoms with Crippen molar-refractivity contribution >= 4 is 11.7 Å². The molecule has 0 aliphatic carbocycles. The SMILES string of the molecule is CCn1cnnc1-c1ccccc1NC(=O)NC(C)(CC)CO. The van der Waals surface area contributed by atoms with Gasteiger partial charge in [0.05, 0.1) is 17.8 Å². The number of carbonyl (C=O) groups is 1. The van der Waals surface area contributed by atoms with Crippen molar-refractivity contribution < 1.29 is 9.90 Å². The molecule has 0 saturated carbocycles. The van der Waals surface area contributed by atoms with Gasteiger partial charge in [-0.05, 0) is 32.4 Å². The van der Waals surface area contributed by atoms with Crippen molar-refractivity contribution in [3.8, 4) is 11.4 Å². The Morgan fingerprint density at radius 1 is 1.35 bits per heavy atom. The summed E-state index contributed by atoms with van der Waals surface area (Å²) in [7, 11) is 0. The first-order valence-electron chi connectivity index (χ1n) is 7.70. The smallest absolute Gasteiger partial charge is 0.319 e. The molecular formula is C16H23N5O2. The standard InChI is InChI=1S/C16H23N5O2/c1-4-16(3,10-22)19-15(23)18-13-9-7-6-8-12(13)14-20-17-11-21(14)5-2/h6-9,11,22H,4-5,10H2,1-3H3,(H2,18,19,23). The Morgan fingerprint density at radius 3 is 2.74 bits per heavy atom. The number of benzene rings is 1. The molecule has 2 aromatic rings. The Morgan fingerprint density at radius 2 is 2.09 bits per heavy atom. The van der Waals surface area contributed by atoms with E-state index in [9.17, 15) is 9.90 Å². The Labute approximate surface area is 135 Å². The zero-order valence-electron chi connectivity index (χ0n) is 13.7. The van der Waals surface area contributed by atoms with Gasteiger partial charge in [-0.3, -0.25) is 0 Å². The van der Waals surface area contributed by atoms with E-state index >= 15 is 0 Å². The minimum absolute atomic E-state index is 0.122. The maximum absolute atomic E-state index is 12.2. The average molecular weight is 317 g/mol. The van der Waals surface area contributed by atoms with Gasteiger partial charge >= 0.3 is 6.03 Å². The van der Waals surface area contributed by atoms with Crippen molar-refractivity contribution in [3.63, 3.8) is 0 Å². The van der Waals surface area contributed by atoms with Crippen molar-refractivity contribution in [1.29, 1.82) is 0 Å². The van der Waals surface area contributed by atoms with Crippen LogP contribution in [0.4, 0.5) is 10.5 Å². The number of aromatic nitrogens is 3. The maximum Gasteiger partial charge on any atom is 0.319 e. The zero-order valence-corrected chi connectivity index (χ0v) is 13.7. The van der Waals surface area contributed by atoms with Gasteiger partial charge in [-0.2, -0.15) is 0 Å². The fourth-order valence-corrected chi connectivity index (χ4v) is 2.15. The van der Waals surface area contributed by atoms with Gasteiger partial charge in [-0.1, -0.05) is 19.1 Å². The molecule has 1 heterocycles. The molecule has 2 rings (SSSR count). The van der Waals surface area contributed by atoms with Crippen LogP contribution < -0.4 is 10.6 Å². The first-order chi connectivity index (χ1) is 11.0. The summed E-state index contributed by atoms with van der Waals surface area (Å²) in [5, 5.41) is 23.1. The van der Waals surface area contributed by atoms with Gasteiger partial charge in [-0.25, -0.2) is 4.79 Å². The van der Waals surface area contributed by atoms with Crippen LogP contribution in [0.2, 0.25) is 0 Å². The van der Waals surface area contributed by atoms with Crippen molar-refractivity contribution in [1.82, 2.24) is 20.1 Å². The number of aliphatic hydroxyl groups is 1. The Bertz CT molecular complexity index is 664. The molecule has 1 aromatic carbocycles. The normalized spacial score (nSPS) is 13.4. The predicted octanol–water partition coefficient (Wildman–Crippen LogP) is 2.25. The molecule has 7 heteroatoms. The molecule has 0 spiro atoms. The maximum atomic E-state index is 12.2. The molecule has 124 valence electrons. The highest BCUT2D eigenvalue weighted by Gasteiger charge is 2.23. The van der Waals surface area contributed by atoms with Crippen molar-refractivity contribution in [2.24, 2.45) is 0 Å². The second kappa shape index (κ2) is 7.23. The third kappa shape index (κ3) is 3.87. The number of hydrogen-bond acceptors (Lipinski definition) is 4. The third-order valence-corrected chi connectivity index (χ3v) is 3.92. The number of aliphatic hydroxyl groups excluding tert-OH is 1. The lowest BCUT2D eigenvalue weighted by molar-refractivity contribution is 0.172. The molecule has 1 aromatic heterocycles. The van der Waals surface area contributed by atoms with Crippen LogP contribution in [0.1, 0.15) is 27.2 Å². The highest BCUT2D eigenvalue weighted by molar-refractivity contribution is 5.94. The highest BCUT2D eigenvalue weighted by Crippen LogP contribution is 2.26. The number of nitrogens with zero attached hydrogens (tertiary/aromatic N) is 3. The zero-order chi connectivity index (χ0) is 16.9. The quantitative estimate of drug-likeness (QED) is 0.762. The van der Waals surface area contributed by atoms with Gasteiger partial charge in [0.2, 0.25) is 0 Å². The van der Waals surface area contributed by atoms with Crippen LogP contribution in [0.5, 0.6) is 0 Å². The molecule has 0 saturated heterocycles. The lowest BCUT2D eigenvalue weighted by Gasteiger charge is -2.27. The van der Waals surface area contributed by atoms with Crippen molar-refractivity contribution in [2.45, 2.75) is 39.3 Å². The Hall–Kier alpha value is -2.41. The lowest BCUT2D eigenvalue weighted by atomic mass is 10.0. The van der Waals surface area contributed by atoms with E-state index in [4.69, 9.17) is 0 Å². The number of anilines is 1. The van der Waals surface area contributed by atoms with Crippen molar-refractivity contribution in [2.75, 3.05) is 11.9 Å². The molecule has 23 heavy (non-hydrogen) atoms. The van der Waals surface area contributed by atoms with Gasteiger partial charge in [0.1, 0.15) is 6.33 Å². The van der Waals surface area contributed by atoms with Crippen LogP contribution in [0, 0.1) is 0 Å². The molecule has 1 unspecified atom stereocenters. The monoisotopic (exact) mass is 317 g/mol. The van der Waals surface area contributed by atoms with Crippen LogP contribution in [0.25, 0.3) is 11.4 Å². The molecular weight excluding hydrogens is 294 g/mol. The van der Waals surface area contributed by atoms with E-state index in [1.54, 1.807) is 13.3 Å².